The van der Waals surface area contributed by atoms with Crippen LogP contribution in [-0.4, -0.2) is 22.7 Å². The Morgan fingerprint density at radius 2 is 1.70 bits per heavy atom. The molecule has 0 spiro atoms. The smallest absolute Gasteiger partial charge is 0.264 e. The Labute approximate surface area is 162 Å². The van der Waals surface area contributed by atoms with Crippen molar-refractivity contribution in [2.75, 3.05) is 11.9 Å². The molecule has 0 saturated carbocycles. The normalized spacial score (nSPS) is 10.4. The van der Waals surface area contributed by atoms with Gasteiger partial charge in [-0.1, -0.05) is 48.6 Å². The Kier molecular flexibility index (Phi) is 6.76. The van der Waals surface area contributed by atoms with Crippen LogP contribution in [0.4, 0.5) is 5.13 Å². The van der Waals surface area contributed by atoms with Gasteiger partial charge < -0.3 is 9.47 Å². The summed E-state index contributed by atoms with van der Waals surface area (Å²) in [4.78, 5) is 12.0. The largest absolute Gasteiger partial charge is 0.489 e. The van der Waals surface area contributed by atoms with E-state index in [4.69, 9.17) is 9.47 Å². The lowest BCUT2D eigenvalue weighted by Gasteiger charge is -2.08. The lowest BCUT2D eigenvalue weighted by Crippen LogP contribution is -2.20. The lowest BCUT2D eigenvalue weighted by molar-refractivity contribution is -0.118. The van der Waals surface area contributed by atoms with Crippen LogP contribution in [0.15, 0.2) is 54.6 Å². The minimum Gasteiger partial charge on any atom is -0.489 e. The number of anilines is 1. The molecule has 0 aliphatic carbocycles. The van der Waals surface area contributed by atoms with E-state index in [9.17, 15) is 4.79 Å². The fourth-order valence-electron chi connectivity index (χ4n) is 2.30. The molecule has 7 heteroatoms. The van der Waals surface area contributed by atoms with E-state index in [1.54, 1.807) is 12.1 Å². The zero-order valence-electron chi connectivity index (χ0n) is 15.1. The van der Waals surface area contributed by atoms with Gasteiger partial charge in [-0.15, -0.1) is 10.2 Å². The number of carbonyl (C=O) groups is 1. The Balaban J connectivity index is 1.43. The van der Waals surface area contributed by atoms with Crippen LogP contribution in [0.2, 0.25) is 0 Å². The number of nitrogens with zero attached hydrogens (tertiary/aromatic N) is 2. The van der Waals surface area contributed by atoms with Crippen LogP contribution in [0.3, 0.4) is 0 Å². The molecule has 0 fully saturated rings. The topological polar surface area (TPSA) is 73.3 Å². The summed E-state index contributed by atoms with van der Waals surface area (Å²) in [5.41, 5.74) is 1.10. The number of aryl methyl sites for hydroxylation is 1. The Hall–Kier alpha value is -2.93. The first-order chi connectivity index (χ1) is 13.2. The fourth-order valence-corrected chi connectivity index (χ4v) is 3.15. The van der Waals surface area contributed by atoms with Gasteiger partial charge in [0, 0.05) is 6.42 Å². The van der Waals surface area contributed by atoms with Crippen molar-refractivity contribution in [3.63, 3.8) is 0 Å². The second-order valence-corrected chi connectivity index (χ2v) is 6.90. The van der Waals surface area contributed by atoms with Crippen LogP contribution in [-0.2, 0) is 17.8 Å². The van der Waals surface area contributed by atoms with Crippen molar-refractivity contribution in [3.8, 4) is 11.5 Å². The second kappa shape index (κ2) is 9.68. The van der Waals surface area contributed by atoms with Crippen LogP contribution in [0.1, 0.15) is 23.9 Å². The summed E-state index contributed by atoms with van der Waals surface area (Å²) >= 11 is 1.39. The number of nitrogens with one attached hydrogen (secondary N) is 1. The number of hydrogen-bond acceptors (Lipinski definition) is 6. The van der Waals surface area contributed by atoms with Gasteiger partial charge in [-0.25, -0.2) is 0 Å². The van der Waals surface area contributed by atoms with Gasteiger partial charge in [0.05, 0.1) is 0 Å². The first-order valence-electron chi connectivity index (χ1n) is 8.75. The van der Waals surface area contributed by atoms with Crippen LogP contribution < -0.4 is 14.8 Å². The molecule has 2 aromatic carbocycles. The molecular weight excluding hydrogens is 362 g/mol. The third kappa shape index (κ3) is 6.07. The number of ether oxygens (including phenoxy) is 2. The maximum atomic E-state index is 12.0. The molecule has 0 aliphatic heterocycles. The van der Waals surface area contributed by atoms with E-state index in [2.05, 4.69) is 22.4 Å². The van der Waals surface area contributed by atoms with E-state index in [0.29, 0.717) is 17.5 Å². The highest BCUT2D eigenvalue weighted by Crippen LogP contribution is 2.19. The number of amides is 1. The monoisotopic (exact) mass is 383 g/mol. The summed E-state index contributed by atoms with van der Waals surface area (Å²) in [5.74, 6) is 1.08. The molecule has 0 aliphatic rings. The van der Waals surface area contributed by atoms with Gasteiger partial charge in [-0.3, -0.25) is 10.1 Å². The molecule has 0 bridgehead atoms. The summed E-state index contributed by atoms with van der Waals surface area (Å²) in [7, 11) is 0. The summed E-state index contributed by atoms with van der Waals surface area (Å²) in [5, 5.41) is 12.1. The number of rotatable bonds is 9. The predicted molar refractivity (Wildman–Crippen MR) is 105 cm³/mol. The van der Waals surface area contributed by atoms with Crippen molar-refractivity contribution in [2.24, 2.45) is 0 Å². The molecule has 140 valence electrons. The number of benzene rings is 2. The molecule has 3 aromatic rings. The van der Waals surface area contributed by atoms with Gasteiger partial charge in [0.1, 0.15) is 23.1 Å². The van der Waals surface area contributed by atoms with E-state index in [1.165, 1.54) is 11.3 Å². The highest BCUT2D eigenvalue weighted by atomic mass is 32.1. The minimum atomic E-state index is -0.265. The highest BCUT2D eigenvalue weighted by molar-refractivity contribution is 7.15. The lowest BCUT2D eigenvalue weighted by atomic mass is 10.2. The van der Waals surface area contributed by atoms with Gasteiger partial charge in [-0.05, 0) is 36.2 Å². The van der Waals surface area contributed by atoms with E-state index in [1.807, 2.05) is 42.5 Å². The minimum absolute atomic E-state index is 0.0904. The second-order valence-electron chi connectivity index (χ2n) is 5.83. The molecule has 1 heterocycles. The van der Waals surface area contributed by atoms with Gasteiger partial charge in [0.15, 0.2) is 6.61 Å². The van der Waals surface area contributed by atoms with Crippen molar-refractivity contribution >= 4 is 22.4 Å². The zero-order chi connectivity index (χ0) is 18.9. The van der Waals surface area contributed by atoms with Crippen molar-refractivity contribution in [3.05, 3.63) is 65.2 Å². The van der Waals surface area contributed by atoms with Crippen molar-refractivity contribution in [2.45, 2.75) is 26.4 Å². The molecule has 0 saturated heterocycles. The summed E-state index contributed by atoms with van der Waals surface area (Å²) in [6.45, 7) is 2.49. The summed E-state index contributed by atoms with van der Waals surface area (Å²) in [6.07, 6.45) is 1.86. The van der Waals surface area contributed by atoms with Crippen molar-refractivity contribution in [1.82, 2.24) is 10.2 Å². The standard InChI is InChI=1S/C20H21N3O3S/c1-2-6-19-22-23-20(27-19)21-18(24)14-26-17-11-9-16(10-12-17)25-13-15-7-4-3-5-8-15/h3-5,7-12H,2,6,13-14H2,1H3,(H,21,23,24). The Bertz CT molecular complexity index is 850. The average molecular weight is 383 g/mol. The molecule has 0 radical (unpaired) electrons. The van der Waals surface area contributed by atoms with Gasteiger partial charge in [0.2, 0.25) is 5.13 Å². The third-order valence-electron chi connectivity index (χ3n) is 3.62. The van der Waals surface area contributed by atoms with Crippen molar-refractivity contribution in [1.29, 1.82) is 0 Å². The first-order valence-corrected chi connectivity index (χ1v) is 9.56. The van der Waals surface area contributed by atoms with Crippen LogP contribution >= 0.6 is 11.3 Å². The first kappa shape index (κ1) is 18.8. The number of carbonyl (C=O) groups excluding carboxylic acids is 1. The van der Waals surface area contributed by atoms with Gasteiger partial charge >= 0.3 is 0 Å². The van der Waals surface area contributed by atoms with E-state index >= 15 is 0 Å². The molecule has 0 atom stereocenters. The Morgan fingerprint density at radius 1 is 1.00 bits per heavy atom. The van der Waals surface area contributed by atoms with Crippen molar-refractivity contribution < 1.29 is 14.3 Å². The van der Waals surface area contributed by atoms with Gasteiger partial charge in [0.25, 0.3) is 5.91 Å². The molecule has 1 aromatic heterocycles. The van der Waals surface area contributed by atoms with E-state index < -0.39 is 0 Å². The van der Waals surface area contributed by atoms with E-state index in [-0.39, 0.29) is 12.5 Å². The average Bonchev–Trinajstić information content (AvgIpc) is 3.13. The van der Waals surface area contributed by atoms with Crippen LogP contribution in [0.25, 0.3) is 0 Å². The molecular formula is C20H21N3O3S. The molecule has 1 N–H and O–H groups in total. The van der Waals surface area contributed by atoms with Crippen LogP contribution in [0.5, 0.6) is 11.5 Å². The molecule has 0 unspecified atom stereocenters. The SMILES string of the molecule is CCCc1nnc(NC(=O)COc2ccc(OCc3ccccc3)cc2)s1. The molecule has 3 rings (SSSR count). The maximum absolute atomic E-state index is 12.0. The number of aromatic nitrogens is 2. The zero-order valence-corrected chi connectivity index (χ0v) is 15.9. The summed E-state index contributed by atoms with van der Waals surface area (Å²) < 4.78 is 11.2. The molecule has 6 nitrogen and oxygen atoms in total. The van der Waals surface area contributed by atoms with Crippen LogP contribution in [0, 0.1) is 0 Å². The quantitative estimate of drug-likeness (QED) is 0.602. The Morgan fingerprint density at radius 3 is 2.41 bits per heavy atom. The maximum Gasteiger partial charge on any atom is 0.264 e. The highest BCUT2D eigenvalue weighted by Gasteiger charge is 2.08. The fraction of sp³-hybridized carbons (Fsp3) is 0.250. The molecule has 27 heavy (non-hydrogen) atoms. The molecule has 1 amide bonds. The number of hydrogen-bond donors (Lipinski definition) is 1. The third-order valence-corrected chi connectivity index (χ3v) is 4.52. The van der Waals surface area contributed by atoms with E-state index in [0.717, 1.165) is 29.2 Å². The van der Waals surface area contributed by atoms with Gasteiger partial charge in [-0.2, -0.15) is 0 Å². The summed E-state index contributed by atoms with van der Waals surface area (Å²) in [6, 6.07) is 17.1. The predicted octanol–water partition coefficient (Wildman–Crippen LogP) is 4.09.